The summed E-state index contributed by atoms with van der Waals surface area (Å²) in [6.45, 7) is 4.65. The molecule has 0 radical (unpaired) electrons. The van der Waals surface area contributed by atoms with Gasteiger partial charge >= 0.3 is 0 Å². The van der Waals surface area contributed by atoms with E-state index in [1.807, 2.05) is 30.8 Å². The van der Waals surface area contributed by atoms with Crippen molar-refractivity contribution in [1.29, 1.82) is 0 Å². The Hall–Kier alpha value is -1.98. The summed E-state index contributed by atoms with van der Waals surface area (Å²) in [5.74, 6) is 0. The Morgan fingerprint density at radius 2 is 2.10 bits per heavy atom. The quantitative estimate of drug-likeness (QED) is 0.807. The largest absolute Gasteiger partial charge is 0.326 e. The van der Waals surface area contributed by atoms with Gasteiger partial charge in [-0.15, -0.1) is 11.3 Å². The summed E-state index contributed by atoms with van der Waals surface area (Å²) in [7, 11) is 1.96. The van der Waals surface area contributed by atoms with E-state index in [9.17, 15) is 0 Å². The van der Waals surface area contributed by atoms with E-state index in [2.05, 4.69) is 29.5 Å². The molecule has 0 atom stereocenters. The predicted octanol–water partition coefficient (Wildman–Crippen LogP) is 3.29. The lowest BCUT2D eigenvalue weighted by Crippen LogP contribution is -1.95. The van der Waals surface area contributed by atoms with Crippen LogP contribution in [0.3, 0.4) is 0 Å². The lowest BCUT2D eigenvalue weighted by Gasteiger charge is -2.00. The molecular formula is C16H18N4S. The lowest BCUT2D eigenvalue weighted by atomic mass is 10.1. The highest BCUT2D eigenvalue weighted by atomic mass is 32.1. The number of hydrogen-bond donors (Lipinski definition) is 1. The molecule has 0 spiro atoms. The Labute approximate surface area is 128 Å². The van der Waals surface area contributed by atoms with Gasteiger partial charge in [0, 0.05) is 35.8 Å². The minimum Gasteiger partial charge on any atom is -0.326 e. The van der Waals surface area contributed by atoms with Gasteiger partial charge in [-0.05, 0) is 25.5 Å². The minimum absolute atomic E-state index is 0.549. The molecule has 0 aliphatic carbocycles. The van der Waals surface area contributed by atoms with Gasteiger partial charge < -0.3 is 5.73 Å². The number of nitrogens with two attached hydrogens (primary N) is 1. The maximum Gasteiger partial charge on any atom is 0.124 e. The van der Waals surface area contributed by atoms with Crippen LogP contribution in [-0.2, 0) is 13.6 Å². The number of rotatable bonds is 3. The molecule has 108 valence electrons. The Kier molecular flexibility index (Phi) is 3.61. The first-order valence-corrected chi connectivity index (χ1v) is 7.73. The molecule has 0 amide bonds. The number of thiazole rings is 1. The first-order chi connectivity index (χ1) is 10.1. The molecule has 0 fully saturated rings. The van der Waals surface area contributed by atoms with E-state index < -0.39 is 0 Å². The maximum atomic E-state index is 5.71. The van der Waals surface area contributed by atoms with Crippen molar-refractivity contribution in [2.24, 2.45) is 12.8 Å². The highest BCUT2D eigenvalue weighted by Gasteiger charge is 2.15. The van der Waals surface area contributed by atoms with Gasteiger partial charge in [-0.3, -0.25) is 4.68 Å². The summed E-state index contributed by atoms with van der Waals surface area (Å²) < 4.78 is 1.90. The molecule has 4 nitrogen and oxygen atoms in total. The van der Waals surface area contributed by atoms with Crippen molar-refractivity contribution in [1.82, 2.24) is 14.8 Å². The summed E-state index contributed by atoms with van der Waals surface area (Å²) in [5, 5.41) is 7.58. The molecule has 0 saturated carbocycles. The van der Waals surface area contributed by atoms with Gasteiger partial charge in [0.2, 0.25) is 0 Å². The molecule has 2 heterocycles. The Bertz CT molecular complexity index is 785. The third-order valence-corrected chi connectivity index (χ3v) is 4.57. The second-order valence-electron chi connectivity index (χ2n) is 5.11. The van der Waals surface area contributed by atoms with Crippen molar-refractivity contribution in [3.8, 4) is 21.8 Å². The summed E-state index contributed by atoms with van der Waals surface area (Å²) >= 11 is 1.65. The monoisotopic (exact) mass is 298 g/mol. The van der Waals surface area contributed by atoms with Crippen molar-refractivity contribution in [2.75, 3.05) is 0 Å². The molecule has 1 aromatic carbocycles. The van der Waals surface area contributed by atoms with Gasteiger partial charge in [0.1, 0.15) is 5.01 Å². The number of aryl methyl sites for hydroxylation is 2. The van der Waals surface area contributed by atoms with Gasteiger partial charge in [-0.25, -0.2) is 4.98 Å². The van der Waals surface area contributed by atoms with Crippen LogP contribution in [0.15, 0.2) is 29.6 Å². The molecule has 5 heteroatoms. The van der Waals surface area contributed by atoms with Gasteiger partial charge in [-0.2, -0.15) is 5.10 Å². The van der Waals surface area contributed by atoms with Crippen LogP contribution >= 0.6 is 11.3 Å². The normalized spacial score (nSPS) is 11.0. The molecule has 0 aliphatic heterocycles. The van der Waals surface area contributed by atoms with Crippen molar-refractivity contribution >= 4 is 11.3 Å². The number of nitrogens with zero attached hydrogens (tertiary/aromatic N) is 3. The summed E-state index contributed by atoms with van der Waals surface area (Å²) in [4.78, 5) is 4.79. The molecule has 21 heavy (non-hydrogen) atoms. The predicted molar refractivity (Wildman–Crippen MR) is 87.1 cm³/mol. The lowest BCUT2D eigenvalue weighted by molar-refractivity contribution is 0.731. The average molecular weight is 298 g/mol. The van der Waals surface area contributed by atoms with Crippen LogP contribution in [0.5, 0.6) is 0 Å². The SMILES string of the molecule is Cc1nn(C)c(C)c1-c1csc(-c2cccc(CN)c2)n1. The molecule has 0 aliphatic rings. The van der Waals surface area contributed by atoms with Gasteiger partial charge in [0.25, 0.3) is 0 Å². The summed E-state index contributed by atoms with van der Waals surface area (Å²) in [6, 6.07) is 8.24. The average Bonchev–Trinajstić information content (AvgIpc) is 3.05. The number of hydrogen-bond acceptors (Lipinski definition) is 4. The van der Waals surface area contributed by atoms with E-state index in [1.165, 1.54) is 0 Å². The highest BCUT2D eigenvalue weighted by molar-refractivity contribution is 7.13. The highest BCUT2D eigenvalue weighted by Crippen LogP contribution is 2.32. The Morgan fingerprint density at radius 1 is 1.29 bits per heavy atom. The first kappa shape index (κ1) is 14.0. The van der Waals surface area contributed by atoms with Crippen molar-refractivity contribution in [2.45, 2.75) is 20.4 Å². The summed E-state index contributed by atoms with van der Waals surface area (Å²) in [5.41, 5.74) is 12.2. The van der Waals surface area contributed by atoms with Crippen LogP contribution in [0.1, 0.15) is 17.0 Å². The van der Waals surface area contributed by atoms with Crippen LogP contribution in [0.25, 0.3) is 21.8 Å². The van der Waals surface area contributed by atoms with Gasteiger partial charge in [0.05, 0.1) is 11.4 Å². The van der Waals surface area contributed by atoms with Crippen LogP contribution in [0, 0.1) is 13.8 Å². The summed E-state index contributed by atoms with van der Waals surface area (Å²) in [6.07, 6.45) is 0. The molecule has 2 aromatic heterocycles. The second kappa shape index (κ2) is 5.42. The first-order valence-electron chi connectivity index (χ1n) is 6.85. The van der Waals surface area contributed by atoms with Crippen molar-refractivity contribution in [3.05, 3.63) is 46.6 Å². The number of aromatic nitrogens is 3. The molecule has 2 N–H and O–H groups in total. The van der Waals surface area contributed by atoms with E-state index in [0.717, 1.165) is 38.8 Å². The zero-order valence-corrected chi connectivity index (χ0v) is 13.2. The van der Waals surface area contributed by atoms with E-state index in [1.54, 1.807) is 11.3 Å². The third-order valence-electron chi connectivity index (χ3n) is 3.68. The standard InChI is InChI=1S/C16H18N4S/c1-10-15(11(2)20(3)19-10)14-9-21-16(18-14)13-6-4-5-12(7-13)8-17/h4-7,9H,8,17H2,1-3H3. The van der Waals surface area contributed by atoms with Crippen LogP contribution in [-0.4, -0.2) is 14.8 Å². The van der Waals surface area contributed by atoms with Crippen LogP contribution in [0.4, 0.5) is 0 Å². The fraction of sp³-hybridized carbons (Fsp3) is 0.250. The van der Waals surface area contributed by atoms with E-state index in [4.69, 9.17) is 10.7 Å². The van der Waals surface area contributed by atoms with E-state index >= 15 is 0 Å². The zero-order valence-electron chi connectivity index (χ0n) is 12.4. The smallest absolute Gasteiger partial charge is 0.124 e. The Morgan fingerprint density at radius 3 is 2.76 bits per heavy atom. The van der Waals surface area contributed by atoms with Crippen LogP contribution in [0.2, 0.25) is 0 Å². The number of benzene rings is 1. The molecule has 0 saturated heterocycles. The van der Waals surface area contributed by atoms with Crippen molar-refractivity contribution < 1.29 is 0 Å². The Balaban J connectivity index is 2.03. The minimum atomic E-state index is 0.549. The molecule has 0 unspecified atom stereocenters. The molecule has 3 aromatic rings. The van der Waals surface area contributed by atoms with Crippen molar-refractivity contribution in [3.63, 3.8) is 0 Å². The van der Waals surface area contributed by atoms with Gasteiger partial charge in [0.15, 0.2) is 0 Å². The topological polar surface area (TPSA) is 56.7 Å². The van der Waals surface area contributed by atoms with Gasteiger partial charge in [-0.1, -0.05) is 18.2 Å². The molecular weight excluding hydrogens is 280 g/mol. The molecule has 3 rings (SSSR count). The third kappa shape index (κ3) is 2.50. The van der Waals surface area contributed by atoms with Crippen LogP contribution < -0.4 is 5.73 Å². The fourth-order valence-corrected chi connectivity index (χ4v) is 3.30. The second-order valence-corrected chi connectivity index (χ2v) is 5.97. The maximum absolute atomic E-state index is 5.71. The fourth-order valence-electron chi connectivity index (χ4n) is 2.50. The molecule has 0 bridgehead atoms. The van der Waals surface area contributed by atoms with E-state index in [-0.39, 0.29) is 0 Å². The zero-order chi connectivity index (χ0) is 15.0. The van der Waals surface area contributed by atoms with E-state index in [0.29, 0.717) is 6.54 Å².